The van der Waals surface area contributed by atoms with E-state index in [0.717, 1.165) is 42.3 Å². The number of carbonyl (C=O) groups excluding carboxylic acids is 1. The van der Waals surface area contributed by atoms with Crippen molar-refractivity contribution in [1.82, 2.24) is 19.9 Å². The second-order valence-corrected chi connectivity index (χ2v) is 7.01. The van der Waals surface area contributed by atoms with Crippen LogP contribution < -0.4 is 5.32 Å². The SMILES string of the molecule is Cc1cccc(Nc2cc([C@H]3CCCN3C(=O)c3cscn3)ccn2)n1. The first-order chi connectivity index (χ1) is 12.7. The Labute approximate surface area is 155 Å². The predicted octanol–water partition coefficient (Wildman–Crippen LogP) is 3.96. The van der Waals surface area contributed by atoms with E-state index in [-0.39, 0.29) is 11.9 Å². The molecule has 0 aromatic carbocycles. The van der Waals surface area contributed by atoms with Crippen molar-refractivity contribution in [1.29, 1.82) is 0 Å². The third kappa shape index (κ3) is 3.43. The molecule has 0 radical (unpaired) electrons. The molecule has 3 aromatic rings. The molecule has 0 bridgehead atoms. The molecule has 1 fully saturated rings. The van der Waals surface area contributed by atoms with Crippen LogP contribution >= 0.6 is 11.3 Å². The minimum atomic E-state index is 0.000391. The summed E-state index contributed by atoms with van der Waals surface area (Å²) < 4.78 is 0. The van der Waals surface area contributed by atoms with E-state index < -0.39 is 0 Å². The van der Waals surface area contributed by atoms with Gasteiger partial charge in [-0.25, -0.2) is 15.0 Å². The number of pyridine rings is 2. The fourth-order valence-electron chi connectivity index (χ4n) is 3.29. The van der Waals surface area contributed by atoms with Gasteiger partial charge in [-0.2, -0.15) is 0 Å². The highest BCUT2D eigenvalue weighted by Gasteiger charge is 2.31. The fraction of sp³-hybridized carbons (Fsp3) is 0.263. The van der Waals surface area contributed by atoms with Crippen LogP contribution in [0.2, 0.25) is 0 Å². The summed E-state index contributed by atoms with van der Waals surface area (Å²) >= 11 is 1.44. The Hall–Kier alpha value is -2.80. The smallest absolute Gasteiger partial charge is 0.273 e. The van der Waals surface area contributed by atoms with Gasteiger partial charge in [0, 0.05) is 23.8 Å². The molecular formula is C19H19N5OS. The summed E-state index contributed by atoms with van der Waals surface area (Å²) in [7, 11) is 0. The molecule has 1 aliphatic rings. The van der Waals surface area contributed by atoms with E-state index in [1.807, 2.05) is 42.2 Å². The first-order valence-corrected chi connectivity index (χ1v) is 9.51. The van der Waals surface area contributed by atoms with E-state index in [4.69, 9.17) is 0 Å². The van der Waals surface area contributed by atoms with Gasteiger partial charge in [-0.3, -0.25) is 4.79 Å². The van der Waals surface area contributed by atoms with Gasteiger partial charge < -0.3 is 10.2 Å². The number of thiazole rings is 1. The van der Waals surface area contributed by atoms with Gasteiger partial charge in [0.25, 0.3) is 5.91 Å². The van der Waals surface area contributed by atoms with Crippen molar-refractivity contribution in [2.75, 3.05) is 11.9 Å². The quantitative estimate of drug-likeness (QED) is 0.758. The molecule has 1 N–H and O–H groups in total. The Balaban J connectivity index is 1.56. The third-order valence-corrected chi connectivity index (χ3v) is 5.06. The average molecular weight is 365 g/mol. The van der Waals surface area contributed by atoms with Gasteiger partial charge >= 0.3 is 0 Å². The molecule has 4 rings (SSSR count). The first-order valence-electron chi connectivity index (χ1n) is 8.56. The predicted molar refractivity (Wildman–Crippen MR) is 102 cm³/mol. The number of amides is 1. The van der Waals surface area contributed by atoms with Crippen LogP contribution in [0.1, 0.15) is 40.6 Å². The van der Waals surface area contributed by atoms with Crippen LogP contribution in [0.15, 0.2) is 47.4 Å². The van der Waals surface area contributed by atoms with Gasteiger partial charge in [0.15, 0.2) is 0 Å². The lowest BCUT2D eigenvalue weighted by Crippen LogP contribution is -2.30. The molecule has 7 heteroatoms. The standard InChI is InChI=1S/C19H19N5OS/c1-13-4-2-6-17(22-13)23-18-10-14(7-8-20-18)16-5-3-9-24(16)19(25)15-11-26-12-21-15/h2,4,6-8,10-12,16H,3,5,9H2,1H3,(H,20,22,23)/t16-/m1/s1. The van der Waals surface area contributed by atoms with E-state index in [1.165, 1.54) is 11.3 Å². The Kier molecular flexibility index (Phi) is 4.62. The van der Waals surface area contributed by atoms with Gasteiger partial charge in [0.1, 0.15) is 17.3 Å². The maximum atomic E-state index is 12.7. The second kappa shape index (κ2) is 7.21. The molecule has 6 nitrogen and oxygen atoms in total. The van der Waals surface area contributed by atoms with Crippen LogP contribution in [0.4, 0.5) is 11.6 Å². The Bertz CT molecular complexity index is 912. The average Bonchev–Trinajstić information content (AvgIpc) is 3.33. The molecule has 1 saturated heterocycles. The molecule has 0 saturated carbocycles. The molecule has 0 spiro atoms. The summed E-state index contributed by atoms with van der Waals surface area (Å²) in [6.07, 6.45) is 3.71. The zero-order valence-corrected chi connectivity index (χ0v) is 15.2. The Morgan fingerprint density at radius 1 is 1.27 bits per heavy atom. The summed E-state index contributed by atoms with van der Waals surface area (Å²) in [6, 6.07) is 9.86. The lowest BCUT2D eigenvalue weighted by Gasteiger charge is -2.24. The zero-order chi connectivity index (χ0) is 17.9. The largest absolute Gasteiger partial charge is 0.330 e. The molecule has 26 heavy (non-hydrogen) atoms. The summed E-state index contributed by atoms with van der Waals surface area (Å²) in [5.74, 6) is 1.49. The van der Waals surface area contributed by atoms with Crippen molar-refractivity contribution in [2.45, 2.75) is 25.8 Å². The summed E-state index contributed by atoms with van der Waals surface area (Å²) in [5, 5.41) is 5.05. The summed E-state index contributed by atoms with van der Waals surface area (Å²) in [4.78, 5) is 27.7. The third-order valence-electron chi connectivity index (χ3n) is 4.48. The molecule has 0 unspecified atom stereocenters. The maximum absolute atomic E-state index is 12.7. The highest BCUT2D eigenvalue weighted by atomic mass is 32.1. The van der Waals surface area contributed by atoms with Gasteiger partial charge in [0.05, 0.1) is 11.6 Å². The van der Waals surface area contributed by atoms with Crippen LogP contribution in [-0.4, -0.2) is 32.3 Å². The number of rotatable bonds is 4. The van der Waals surface area contributed by atoms with Crippen LogP contribution in [0.5, 0.6) is 0 Å². The van der Waals surface area contributed by atoms with Crippen molar-refractivity contribution in [3.63, 3.8) is 0 Å². The number of nitrogens with zero attached hydrogens (tertiary/aromatic N) is 4. The van der Waals surface area contributed by atoms with Crippen LogP contribution in [0.3, 0.4) is 0 Å². The van der Waals surface area contributed by atoms with E-state index in [2.05, 4.69) is 20.3 Å². The van der Waals surface area contributed by atoms with Crippen LogP contribution in [-0.2, 0) is 0 Å². The number of anilines is 2. The number of hydrogen-bond donors (Lipinski definition) is 1. The Morgan fingerprint density at radius 2 is 2.19 bits per heavy atom. The van der Waals surface area contributed by atoms with Crippen molar-refractivity contribution in [2.24, 2.45) is 0 Å². The van der Waals surface area contributed by atoms with Crippen molar-refractivity contribution >= 4 is 28.9 Å². The van der Waals surface area contributed by atoms with Gasteiger partial charge in [-0.05, 0) is 49.6 Å². The fourth-order valence-corrected chi connectivity index (χ4v) is 3.81. The Morgan fingerprint density at radius 3 is 3.00 bits per heavy atom. The number of aromatic nitrogens is 3. The lowest BCUT2D eigenvalue weighted by atomic mass is 10.1. The van der Waals surface area contributed by atoms with Crippen LogP contribution in [0, 0.1) is 6.92 Å². The lowest BCUT2D eigenvalue weighted by molar-refractivity contribution is 0.0730. The molecule has 1 atom stereocenters. The van der Waals surface area contributed by atoms with Gasteiger partial charge in [0.2, 0.25) is 0 Å². The van der Waals surface area contributed by atoms with Crippen molar-refractivity contribution in [3.8, 4) is 0 Å². The molecule has 4 heterocycles. The number of carbonyl (C=O) groups is 1. The molecule has 1 aliphatic heterocycles. The second-order valence-electron chi connectivity index (χ2n) is 6.29. The van der Waals surface area contributed by atoms with Gasteiger partial charge in [-0.1, -0.05) is 6.07 Å². The highest BCUT2D eigenvalue weighted by Crippen LogP contribution is 2.34. The van der Waals surface area contributed by atoms with Crippen LogP contribution in [0.25, 0.3) is 0 Å². The minimum Gasteiger partial charge on any atom is -0.330 e. The summed E-state index contributed by atoms with van der Waals surface area (Å²) in [5.41, 5.74) is 4.25. The van der Waals surface area contributed by atoms with Gasteiger partial charge in [-0.15, -0.1) is 11.3 Å². The maximum Gasteiger partial charge on any atom is 0.273 e. The highest BCUT2D eigenvalue weighted by molar-refractivity contribution is 7.07. The number of nitrogens with one attached hydrogen (secondary N) is 1. The molecular weight excluding hydrogens is 346 g/mol. The molecule has 132 valence electrons. The van der Waals surface area contributed by atoms with E-state index in [9.17, 15) is 4.79 Å². The normalized spacial score (nSPS) is 16.7. The topological polar surface area (TPSA) is 71.0 Å². The van der Waals surface area contributed by atoms with E-state index >= 15 is 0 Å². The first kappa shape index (κ1) is 16.7. The molecule has 0 aliphatic carbocycles. The molecule has 1 amide bonds. The minimum absolute atomic E-state index is 0.000391. The summed E-state index contributed by atoms with van der Waals surface area (Å²) in [6.45, 7) is 2.71. The number of hydrogen-bond acceptors (Lipinski definition) is 6. The number of aryl methyl sites for hydroxylation is 1. The van der Waals surface area contributed by atoms with Crippen molar-refractivity contribution in [3.05, 3.63) is 64.4 Å². The van der Waals surface area contributed by atoms with Crippen molar-refractivity contribution < 1.29 is 4.79 Å². The zero-order valence-electron chi connectivity index (χ0n) is 14.4. The van der Waals surface area contributed by atoms with E-state index in [1.54, 1.807) is 17.1 Å². The van der Waals surface area contributed by atoms with E-state index in [0.29, 0.717) is 5.69 Å². The number of likely N-dealkylation sites (tertiary alicyclic amines) is 1. The molecule has 3 aromatic heterocycles. The monoisotopic (exact) mass is 365 g/mol.